The second kappa shape index (κ2) is 8.95. The Morgan fingerprint density at radius 2 is 2.00 bits per heavy atom. The molecule has 0 aliphatic heterocycles. The molecule has 0 aliphatic rings. The van der Waals surface area contributed by atoms with E-state index in [4.69, 9.17) is 5.14 Å². The van der Waals surface area contributed by atoms with Crippen LogP contribution in [-0.4, -0.2) is 29.1 Å². The van der Waals surface area contributed by atoms with E-state index < -0.39 is 15.3 Å². The van der Waals surface area contributed by atoms with Gasteiger partial charge in [-0.1, -0.05) is 17.8 Å². The molecule has 3 rings (SSSR count). The van der Waals surface area contributed by atoms with Crippen molar-refractivity contribution in [2.75, 3.05) is 5.32 Å². The zero-order valence-electron chi connectivity index (χ0n) is 17.2. The number of allylic oxidation sites excluding steroid dienone is 1. The van der Waals surface area contributed by atoms with Gasteiger partial charge < -0.3 is 5.32 Å². The number of carbonyl (C=O) groups excluding carboxylic acids is 1. The zero-order chi connectivity index (χ0) is 22.9. The Bertz CT molecular complexity index is 1330. The van der Waals surface area contributed by atoms with Crippen LogP contribution >= 0.6 is 23.1 Å². The topological polar surface area (TPSA) is 124 Å². The number of rotatable bonds is 7. The van der Waals surface area contributed by atoms with E-state index in [-0.39, 0.29) is 22.9 Å². The third-order valence-corrected chi connectivity index (χ3v) is 7.79. The molecule has 164 valence electrons. The van der Waals surface area contributed by atoms with Crippen molar-refractivity contribution in [2.24, 2.45) is 5.14 Å². The van der Waals surface area contributed by atoms with Crippen molar-refractivity contribution in [2.45, 2.75) is 42.6 Å². The van der Waals surface area contributed by atoms with Gasteiger partial charge in [-0.25, -0.2) is 18.5 Å². The summed E-state index contributed by atoms with van der Waals surface area (Å²) in [5.41, 5.74) is 1.20. The van der Waals surface area contributed by atoms with Crippen LogP contribution in [0, 0.1) is 13.8 Å². The van der Waals surface area contributed by atoms with Crippen LogP contribution in [0.2, 0.25) is 0 Å². The number of nitrogens with two attached hydrogens (primary N) is 1. The molecule has 2 heterocycles. The lowest BCUT2D eigenvalue weighted by Gasteiger charge is -2.15. The molecule has 3 aromatic rings. The van der Waals surface area contributed by atoms with Crippen LogP contribution in [0.1, 0.15) is 17.4 Å². The van der Waals surface area contributed by atoms with Gasteiger partial charge >= 0.3 is 0 Å². The minimum absolute atomic E-state index is 0.0413. The summed E-state index contributed by atoms with van der Waals surface area (Å²) in [6.45, 7) is 9.55. The van der Waals surface area contributed by atoms with Crippen LogP contribution in [0.15, 0.2) is 51.8 Å². The standard InChI is InChI=1S/C20H22N4O4S3/c1-5-10-24-19(26)16-11(2)12(3)29-18(16)23-20(24)30-13(4)17(25)22-14-6-8-15(9-7-14)31(21,27)28/h5-9,13H,1,10H2,2-4H3,(H,22,25)(H2,21,27,28)/t13-/m1/s1. The maximum atomic E-state index is 13.0. The van der Waals surface area contributed by atoms with Crippen molar-refractivity contribution in [3.63, 3.8) is 0 Å². The van der Waals surface area contributed by atoms with Crippen LogP contribution in [0.4, 0.5) is 5.69 Å². The molecule has 2 aromatic heterocycles. The third kappa shape index (κ3) is 4.90. The molecular formula is C20H22N4O4S3. The van der Waals surface area contributed by atoms with Gasteiger partial charge in [0.25, 0.3) is 5.56 Å². The molecule has 0 unspecified atom stereocenters. The number of fused-ring (bicyclic) bond motifs is 1. The molecule has 1 amide bonds. The van der Waals surface area contributed by atoms with Gasteiger partial charge in [-0.05, 0) is 50.6 Å². The molecule has 31 heavy (non-hydrogen) atoms. The van der Waals surface area contributed by atoms with E-state index in [2.05, 4.69) is 16.9 Å². The highest BCUT2D eigenvalue weighted by Crippen LogP contribution is 2.30. The van der Waals surface area contributed by atoms with E-state index in [9.17, 15) is 18.0 Å². The van der Waals surface area contributed by atoms with Crippen LogP contribution < -0.4 is 16.0 Å². The number of thioether (sulfide) groups is 1. The Labute approximate surface area is 188 Å². The number of nitrogens with zero attached hydrogens (tertiary/aromatic N) is 2. The first-order valence-corrected chi connectivity index (χ1v) is 12.5. The van der Waals surface area contributed by atoms with E-state index in [0.29, 0.717) is 21.1 Å². The third-order valence-electron chi connectivity index (χ3n) is 4.67. The Morgan fingerprint density at radius 3 is 2.58 bits per heavy atom. The lowest BCUT2D eigenvalue weighted by Crippen LogP contribution is -2.26. The van der Waals surface area contributed by atoms with Crippen LogP contribution in [0.3, 0.4) is 0 Å². The van der Waals surface area contributed by atoms with Crippen molar-refractivity contribution < 1.29 is 13.2 Å². The first-order chi connectivity index (χ1) is 14.5. The molecule has 8 nitrogen and oxygen atoms in total. The largest absolute Gasteiger partial charge is 0.325 e. The maximum Gasteiger partial charge on any atom is 0.263 e. The number of nitrogens with one attached hydrogen (secondary N) is 1. The summed E-state index contributed by atoms with van der Waals surface area (Å²) in [7, 11) is -3.80. The number of aromatic nitrogens is 2. The zero-order valence-corrected chi connectivity index (χ0v) is 19.7. The second-order valence-corrected chi connectivity index (χ2v) is 11.0. The Morgan fingerprint density at radius 1 is 1.35 bits per heavy atom. The molecule has 0 aliphatic carbocycles. The predicted octanol–water partition coefficient (Wildman–Crippen LogP) is 3.03. The van der Waals surface area contributed by atoms with Gasteiger partial charge in [0.2, 0.25) is 15.9 Å². The Balaban J connectivity index is 1.85. The number of primary sulfonamides is 1. The quantitative estimate of drug-likeness (QED) is 0.306. The number of hydrogen-bond acceptors (Lipinski definition) is 7. The van der Waals surface area contributed by atoms with Crippen molar-refractivity contribution in [3.05, 3.63) is 57.7 Å². The summed E-state index contributed by atoms with van der Waals surface area (Å²) in [6, 6.07) is 5.57. The van der Waals surface area contributed by atoms with E-state index in [1.165, 1.54) is 51.9 Å². The molecule has 0 saturated carbocycles. The van der Waals surface area contributed by atoms with E-state index in [1.54, 1.807) is 13.0 Å². The summed E-state index contributed by atoms with van der Waals surface area (Å²) >= 11 is 2.62. The highest BCUT2D eigenvalue weighted by molar-refractivity contribution is 8.00. The van der Waals surface area contributed by atoms with Crippen LogP contribution in [0.25, 0.3) is 10.2 Å². The molecule has 0 spiro atoms. The monoisotopic (exact) mass is 478 g/mol. The Kier molecular flexibility index (Phi) is 6.70. The highest BCUT2D eigenvalue weighted by Gasteiger charge is 2.21. The summed E-state index contributed by atoms with van der Waals surface area (Å²) in [4.78, 5) is 32.0. The first-order valence-electron chi connectivity index (χ1n) is 9.24. The first kappa shape index (κ1) is 23.2. The molecular weight excluding hydrogens is 456 g/mol. The summed E-state index contributed by atoms with van der Waals surface area (Å²) in [5, 5.41) is 8.28. The number of hydrogen-bond donors (Lipinski definition) is 2. The fourth-order valence-corrected chi connectivity index (χ4v) is 5.38. The molecule has 0 fully saturated rings. The second-order valence-electron chi connectivity index (χ2n) is 6.88. The van der Waals surface area contributed by atoms with Gasteiger partial charge in [-0.3, -0.25) is 14.2 Å². The van der Waals surface area contributed by atoms with Gasteiger partial charge in [0.1, 0.15) is 4.83 Å². The summed E-state index contributed by atoms with van der Waals surface area (Å²) < 4.78 is 24.2. The lowest BCUT2D eigenvalue weighted by molar-refractivity contribution is -0.115. The van der Waals surface area contributed by atoms with Crippen molar-refractivity contribution in [3.8, 4) is 0 Å². The average molecular weight is 479 g/mol. The molecule has 3 N–H and O–H groups in total. The minimum Gasteiger partial charge on any atom is -0.325 e. The predicted molar refractivity (Wildman–Crippen MR) is 125 cm³/mol. The van der Waals surface area contributed by atoms with E-state index in [0.717, 1.165) is 10.4 Å². The van der Waals surface area contributed by atoms with Crippen molar-refractivity contribution in [1.82, 2.24) is 9.55 Å². The molecule has 11 heteroatoms. The Hall–Kier alpha value is -2.47. The van der Waals surface area contributed by atoms with E-state index >= 15 is 0 Å². The number of carbonyl (C=O) groups is 1. The number of sulfonamides is 1. The van der Waals surface area contributed by atoms with Gasteiger partial charge in [0, 0.05) is 17.1 Å². The van der Waals surface area contributed by atoms with Crippen LogP contribution in [0.5, 0.6) is 0 Å². The molecule has 1 atom stereocenters. The molecule has 0 radical (unpaired) electrons. The van der Waals surface area contributed by atoms with Gasteiger partial charge in [-0.2, -0.15) is 0 Å². The number of benzene rings is 1. The summed E-state index contributed by atoms with van der Waals surface area (Å²) in [6.07, 6.45) is 1.62. The average Bonchev–Trinajstić information content (AvgIpc) is 2.98. The highest BCUT2D eigenvalue weighted by atomic mass is 32.2. The number of anilines is 1. The molecule has 1 aromatic carbocycles. The van der Waals surface area contributed by atoms with Crippen LogP contribution in [-0.2, 0) is 21.4 Å². The normalized spacial score (nSPS) is 12.6. The minimum atomic E-state index is -3.80. The van der Waals surface area contributed by atoms with Gasteiger partial charge in [0.05, 0.1) is 15.5 Å². The fourth-order valence-electron chi connectivity index (χ4n) is 2.87. The summed E-state index contributed by atoms with van der Waals surface area (Å²) in [5.74, 6) is -0.314. The maximum absolute atomic E-state index is 13.0. The number of thiophene rings is 1. The lowest BCUT2D eigenvalue weighted by atomic mass is 10.2. The van der Waals surface area contributed by atoms with Crippen molar-refractivity contribution >= 4 is 54.9 Å². The van der Waals surface area contributed by atoms with E-state index in [1.807, 2.05) is 13.8 Å². The van der Waals surface area contributed by atoms with Gasteiger partial charge in [-0.15, -0.1) is 17.9 Å². The smallest absolute Gasteiger partial charge is 0.263 e. The molecule has 0 bridgehead atoms. The number of amides is 1. The number of aryl methyl sites for hydroxylation is 2. The van der Waals surface area contributed by atoms with Gasteiger partial charge in [0.15, 0.2) is 5.16 Å². The fraction of sp³-hybridized carbons (Fsp3) is 0.250. The molecule has 0 saturated heterocycles. The SMILES string of the molecule is C=CCn1c(S[C@H](C)C(=O)Nc2ccc(S(N)(=O)=O)cc2)nc2sc(C)c(C)c2c1=O. The van der Waals surface area contributed by atoms with Crippen molar-refractivity contribution in [1.29, 1.82) is 0 Å².